The quantitative estimate of drug-likeness (QED) is 0.418. The molecule has 6 rings (SSSR count). The van der Waals surface area contributed by atoms with Crippen LogP contribution in [0.15, 0.2) is 18.3 Å². The molecule has 2 N–H and O–H groups in total. The molecule has 1 fully saturated rings. The van der Waals surface area contributed by atoms with E-state index in [1.807, 2.05) is 26.8 Å². The standard InChI is InChI=1S/C25H27FN8/c1-6-33(5)15-10-34(11-15)25-24-23(30-32-31-24)16-7-13(3)19(21(26)22(16)28-25)20-14(4)12(2)8-18-17(20)9-27-29-18/h7-9,15H,6,10-11H2,1-5H3,(H,27,29)(H,30,31,32). The largest absolute Gasteiger partial charge is 0.351 e. The summed E-state index contributed by atoms with van der Waals surface area (Å²) >= 11 is 0. The van der Waals surface area contributed by atoms with Gasteiger partial charge in [-0.25, -0.2) is 9.37 Å². The van der Waals surface area contributed by atoms with Crippen LogP contribution in [0.2, 0.25) is 0 Å². The van der Waals surface area contributed by atoms with E-state index < -0.39 is 0 Å². The molecule has 1 aliphatic heterocycles. The van der Waals surface area contributed by atoms with Crippen LogP contribution < -0.4 is 4.90 Å². The van der Waals surface area contributed by atoms with Crippen LogP contribution in [0, 0.1) is 26.6 Å². The van der Waals surface area contributed by atoms with Crippen LogP contribution in [0.1, 0.15) is 23.6 Å². The van der Waals surface area contributed by atoms with Crippen molar-refractivity contribution in [1.82, 2.24) is 35.5 Å². The molecular formula is C25H27FN8. The third-order valence-electron chi connectivity index (χ3n) is 7.47. The first-order valence-corrected chi connectivity index (χ1v) is 11.6. The van der Waals surface area contributed by atoms with Gasteiger partial charge in [0.15, 0.2) is 17.2 Å². The summed E-state index contributed by atoms with van der Waals surface area (Å²) in [6, 6.07) is 4.48. The van der Waals surface area contributed by atoms with Crippen LogP contribution in [0.5, 0.6) is 0 Å². The lowest BCUT2D eigenvalue weighted by Gasteiger charge is -2.44. The van der Waals surface area contributed by atoms with Gasteiger partial charge < -0.3 is 9.80 Å². The van der Waals surface area contributed by atoms with Gasteiger partial charge in [0.05, 0.1) is 11.7 Å². The molecule has 1 saturated heterocycles. The number of rotatable bonds is 4. The summed E-state index contributed by atoms with van der Waals surface area (Å²) in [7, 11) is 2.12. The zero-order valence-corrected chi connectivity index (χ0v) is 20.0. The third-order valence-corrected chi connectivity index (χ3v) is 7.47. The van der Waals surface area contributed by atoms with Crippen molar-refractivity contribution in [1.29, 1.82) is 0 Å². The summed E-state index contributed by atoms with van der Waals surface area (Å²) in [5.74, 6) is 0.347. The van der Waals surface area contributed by atoms with Crippen molar-refractivity contribution >= 4 is 38.7 Å². The second-order valence-corrected chi connectivity index (χ2v) is 9.39. The van der Waals surface area contributed by atoms with Gasteiger partial charge in [0, 0.05) is 35.5 Å². The highest BCUT2D eigenvalue weighted by Crippen LogP contribution is 2.41. The molecule has 34 heavy (non-hydrogen) atoms. The number of H-pyrrole nitrogens is 2. The summed E-state index contributed by atoms with van der Waals surface area (Å²) < 4.78 is 16.4. The fraction of sp³-hybridized carbons (Fsp3) is 0.360. The van der Waals surface area contributed by atoms with Crippen molar-refractivity contribution in [3.8, 4) is 11.1 Å². The summed E-state index contributed by atoms with van der Waals surface area (Å²) in [5, 5.41) is 20.3. The Kier molecular flexibility index (Phi) is 4.60. The molecule has 0 aliphatic carbocycles. The fourth-order valence-corrected chi connectivity index (χ4v) is 5.13. The average molecular weight is 459 g/mol. The number of nitrogens with one attached hydrogen (secondary N) is 2. The van der Waals surface area contributed by atoms with Crippen molar-refractivity contribution in [3.05, 3.63) is 40.8 Å². The van der Waals surface area contributed by atoms with E-state index in [0.29, 0.717) is 39.4 Å². The van der Waals surface area contributed by atoms with Crippen molar-refractivity contribution in [3.63, 3.8) is 0 Å². The Labute approximate surface area is 196 Å². The number of anilines is 1. The topological polar surface area (TPSA) is 89.6 Å². The van der Waals surface area contributed by atoms with Crippen LogP contribution in [-0.4, -0.2) is 68.2 Å². The number of aryl methyl sites for hydroxylation is 2. The van der Waals surface area contributed by atoms with Crippen LogP contribution >= 0.6 is 0 Å². The predicted octanol–water partition coefficient (Wildman–Crippen LogP) is 4.25. The molecule has 174 valence electrons. The van der Waals surface area contributed by atoms with Crippen LogP contribution in [0.25, 0.3) is 44.0 Å². The Morgan fingerprint density at radius 1 is 1.03 bits per heavy atom. The van der Waals surface area contributed by atoms with Crippen LogP contribution in [-0.2, 0) is 0 Å². The molecule has 4 heterocycles. The molecule has 0 spiro atoms. The van der Waals surface area contributed by atoms with Gasteiger partial charge in [-0.15, -0.1) is 0 Å². The second-order valence-electron chi connectivity index (χ2n) is 9.39. The first-order valence-electron chi connectivity index (χ1n) is 11.6. The Bertz CT molecular complexity index is 1580. The van der Waals surface area contributed by atoms with Gasteiger partial charge in [0.1, 0.15) is 11.0 Å². The Hall–Kier alpha value is -3.59. The molecule has 9 heteroatoms. The highest BCUT2D eigenvalue weighted by Gasteiger charge is 2.33. The molecular weight excluding hydrogens is 431 g/mol. The fourth-order valence-electron chi connectivity index (χ4n) is 5.13. The van der Waals surface area contributed by atoms with Crippen LogP contribution in [0.3, 0.4) is 0 Å². The molecule has 0 radical (unpaired) electrons. The van der Waals surface area contributed by atoms with Crippen molar-refractivity contribution < 1.29 is 4.39 Å². The predicted molar refractivity (Wildman–Crippen MR) is 133 cm³/mol. The second kappa shape index (κ2) is 7.46. The molecule has 0 bridgehead atoms. The number of likely N-dealkylation sites (N-methyl/N-ethyl adjacent to an activating group) is 1. The molecule has 0 atom stereocenters. The number of hydrogen-bond donors (Lipinski definition) is 2. The summed E-state index contributed by atoms with van der Waals surface area (Å²) in [4.78, 5) is 9.33. The van der Waals surface area contributed by atoms with E-state index in [4.69, 9.17) is 4.98 Å². The van der Waals surface area contributed by atoms with Gasteiger partial charge in [0.2, 0.25) is 0 Å². The number of aromatic amines is 2. The van der Waals surface area contributed by atoms with E-state index in [0.717, 1.165) is 52.8 Å². The summed E-state index contributed by atoms with van der Waals surface area (Å²) in [6.45, 7) is 10.8. The number of pyridine rings is 1. The maximum absolute atomic E-state index is 16.4. The molecule has 0 amide bonds. The summed E-state index contributed by atoms with van der Waals surface area (Å²) in [6.07, 6.45) is 1.77. The summed E-state index contributed by atoms with van der Waals surface area (Å²) in [5.41, 5.74) is 6.91. The monoisotopic (exact) mass is 458 g/mol. The highest BCUT2D eigenvalue weighted by molar-refractivity contribution is 6.09. The smallest absolute Gasteiger partial charge is 0.159 e. The van der Waals surface area contributed by atoms with Gasteiger partial charge in [-0.1, -0.05) is 6.92 Å². The third kappa shape index (κ3) is 2.86. The van der Waals surface area contributed by atoms with Crippen molar-refractivity contribution in [2.75, 3.05) is 31.6 Å². The lowest BCUT2D eigenvalue weighted by Crippen LogP contribution is -2.58. The van der Waals surface area contributed by atoms with Gasteiger partial charge >= 0.3 is 0 Å². The van der Waals surface area contributed by atoms with Crippen molar-refractivity contribution in [2.45, 2.75) is 33.7 Å². The lowest BCUT2D eigenvalue weighted by molar-refractivity contribution is 0.214. The molecule has 0 unspecified atom stereocenters. The minimum atomic E-state index is -0.333. The number of nitrogens with zero attached hydrogens (tertiary/aromatic N) is 6. The Morgan fingerprint density at radius 2 is 1.79 bits per heavy atom. The first-order chi connectivity index (χ1) is 16.4. The molecule has 8 nitrogen and oxygen atoms in total. The highest BCUT2D eigenvalue weighted by atomic mass is 19.1. The number of halogens is 1. The molecule has 5 aromatic rings. The van der Waals surface area contributed by atoms with Gasteiger partial charge in [-0.2, -0.15) is 20.5 Å². The van der Waals surface area contributed by atoms with E-state index in [2.05, 4.69) is 55.4 Å². The SMILES string of the molecule is CCN(C)C1CN(c2nc3c(F)c(-c4c(C)c(C)cc5[nH]ncc45)c(C)cc3c3n[nH]nc23)C1. The normalized spacial score (nSPS) is 14.7. The number of aromatic nitrogens is 6. The lowest BCUT2D eigenvalue weighted by atomic mass is 9.89. The zero-order valence-electron chi connectivity index (χ0n) is 20.0. The number of fused-ring (bicyclic) bond motifs is 4. The maximum atomic E-state index is 16.4. The number of hydrogen-bond acceptors (Lipinski definition) is 6. The van der Waals surface area contributed by atoms with E-state index in [-0.39, 0.29) is 5.82 Å². The van der Waals surface area contributed by atoms with Crippen LogP contribution in [0.4, 0.5) is 10.2 Å². The minimum absolute atomic E-state index is 0.321. The zero-order chi connectivity index (χ0) is 23.7. The molecule has 0 saturated carbocycles. The van der Waals surface area contributed by atoms with Gasteiger partial charge in [-0.05, 0) is 68.8 Å². The van der Waals surface area contributed by atoms with E-state index >= 15 is 4.39 Å². The van der Waals surface area contributed by atoms with Gasteiger partial charge in [-0.3, -0.25) is 5.10 Å². The molecule has 2 aromatic carbocycles. The maximum Gasteiger partial charge on any atom is 0.159 e. The Morgan fingerprint density at radius 3 is 2.56 bits per heavy atom. The molecule has 1 aliphatic rings. The number of benzene rings is 2. The van der Waals surface area contributed by atoms with E-state index in [1.165, 1.54) is 0 Å². The van der Waals surface area contributed by atoms with Crippen molar-refractivity contribution in [2.24, 2.45) is 0 Å². The Balaban J connectivity index is 1.60. The minimum Gasteiger partial charge on any atom is -0.351 e. The van der Waals surface area contributed by atoms with Gasteiger partial charge in [0.25, 0.3) is 0 Å². The molecule has 3 aromatic heterocycles. The van der Waals surface area contributed by atoms with E-state index in [9.17, 15) is 0 Å². The van der Waals surface area contributed by atoms with E-state index in [1.54, 1.807) is 6.20 Å². The average Bonchev–Trinajstić information content (AvgIpc) is 3.45. The first kappa shape index (κ1) is 21.0.